The number of hydrogen-bond donors (Lipinski definition) is 1. The van der Waals surface area contributed by atoms with E-state index < -0.39 is 0 Å². The number of hydrogen-bond acceptors (Lipinski definition) is 4. The van der Waals surface area contributed by atoms with E-state index in [9.17, 15) is 9.59 Å². The molecule has 6 nitrogen and oxygen atoms in total. The molecule has 25 heavy (non-hydrogen) atoms. The SMILES string of the molecule is CCCC(=O)NC[C@@H]1CCCN(C(=O)Cc2noc3ccccc23)C1. The molecule has 0 unspecified atom stereocenters. The topological polar surface area (TPSA) is 75.4 Å². The minimum absolute atomic E-state index is 0.0728. The van der Waals surface area contributed by atoms with Gasteiger partial charge in [0, 0.05) is 31.4 Å². The van der Waals surface area contributed by atoms with Gasteiger partial charge >= 0.3 is 0 Å². The van der Waals surface area contributed by atoms with Gasteiger partial charge in [0.15, 0.2) is 5.58 Å². The molecule has 134 valence electrons. The lowest BCUT2D eigenvalue weighted by Gasteiger charge is -2.32. The number of likely N-dealkylation sites (tertiary alicyclic amines) is 1. The molecular formula is C19H25N3O3. The van der Waals surface area contributed by atoms with Crippen LogP contribution >= 0.6 is 0 Å². The van der Waals surface area contributed by atoms with E-state index in [2.05, 4.69) is 10.5 Å². The number of benzene rings is 1. The summed E-state index contributed by atoms with van der Waals surface area (Å²) in [5, 5.41) is 7.93. The first kappa shape index (κ1) is 17.5. The second-order valence-electron chi connectivity index (χ2n) is 6.70. The maximum atomic E-state index is 12.7. The van der Waals surface area contributed by atoms with Crippen LogP contribution in [0.2, 0.25) is 0 Å². The van der Waals surface area contributed by atoms with Crippen LogP contribution < -0.4 is 5.32 Å². The molecule has 0 saturated carbocycles. The van der Waals surface area contributed by atoms with Crippen molar-refractivity contribution in [2.24, 2.45) is 5.92 Å². The maximum absolute atomic E-state index is 12.7. The van der Waals surface area contributed by atoms with Gasteiger partial charge in [-0.25, -0.2) is 0 Å². The van der Waals surface area contributed by atoms with E-state index in [1.54, 1.807) is 0 Å². The molecule has 2 amide bonds. The summed E-state index contributed by atoms with van der Waals surface area (Å²) in [6, 6.07) is 7.59. The quantitative estimate of drug-likeness (QED) is 0.874. The first-order valence-electron chi connectivity index (χ1n) is 9.05. The lowest BCUT2D eigenvalue weighted by atomic mass is 9.97. The molecule has 0 bridgehead atoms. The van der Waals surface area contributed by atoms with Crippen molar-refractivity contribution in [1.29, 1.82) is 0 Å². The van der Waals surface area contributed by atoms with Crippen LogP contribution in [-0.2, 0) is 16.0 Å². The predicted octanol–water partition coefficient (Wildman–Crippen LogP) is 2.53. The van der Waals surface area contributed by atoms with E-state index in [1.165, 1.54) is 0 Å². The van der Waals surface area contributed by atoms with Crippen LogP contribution in [-0.4, -0.2) is 41.5 Å². The number of nitrogens with zero attached hydrogens (tertiary/aromatic N) is 2. The van der Waals surface area contributed by atoms with Crippen LogP contribution in [0.4, 0.5) is 0 Å². The number of carbonyl (C=O) groups excluding carboxylic acids is 2. The number of piperidine rings is 1. The summed E-state index contributed by atoms with van der Waals surface area (Å²) in [6.45, 7) is 4.11. The number of para-hydroxylation sites is 1. The molecule has 0 radical (unpaired) electrons. The van der Waals surface area contributed by atoms with E-state index in [0.29, 0.717) is 36.7 Å². The highest BCUT2D eigenvalue weighted by molar-refractivity contribution is 5.86. The Labute approximate surface area is 147 Å². The standard InChI is InChI=1S/C19H25N3O3/c1-2-6-18(23)20-12-14-7-5-10-22(13-14)19(24)11-16-15-8-3-4-9-17(15)25-21-16/h3-4,8-9,14H,2,5-7,10-13H2,1H3,(H,20,23)/t14-/m0/s1. The van der Waals surface area contributed by atoms with E-state index in [-0.39, 0.29) is 18.2 Å². The van der Waals surface area contributed by atoms with Crippen LogP contribution in [0.5, 0.6) is 0 Å². The van der Waals surface area contributed by atoms with E-state index >= 15 is 0 Å². The Bertz CT molecular complexity index is 740. The van der Waals surface area contributed by atoms with Crippen LogP contribution in [0.3, 0.4) is 0 Å². The molecule has 0 spiro atoms. The number of amides is 2. The molecule has 1 aromatic heterocycles. The Morgan fingerprint density at radius 2 is 2.20 bits per heavy atom. The van der Waals surface area contributed by atoms with Crippen molar-refractivity contribution >= 4 is 22.8 Å². The van der Waals surface area contributed by atoms with Gasteiger partial charge in [-0.05, 0) is 37.3 Å². The zero-order chi connectivity index (χ0) is 17.6. The molecule has 1 aliphatic heterocycles. The minimum atomic E-state index is 0.0728. The third kappa shape index (κ3) is 4.38. The molecule has 1 atom stereocenters. The third-order valence-electron chi connectivity index (χ3n) is 4.71. The van der Waals surface area contributed by atoms with Crippen LogP contribution in [0.15, 0.2) is 28.8 Å². The minimum Gasteiger partial charge on any atom is -0.356 e. The molecule has 1 saturated heterocycles. The predicted molar refractivity (Wildman–Crippen MR) is 94.9 cm³/mol. The second kappa shape index (κ2) is 8.14. The fourth-order valence-corrected chi connectivity index (χ4v) is 3.35. The van der Waals surface area contributed by atoms with E-state index in [4.69, 9.17) is 4.52 Å². The highest BCUT2D eigenvalue weighted by Crippen LogP contribution is 2.21. The average Bonchev–Trinajstić information content (AvgIpc) is 3.03. The van der Waals surface area contributed by atoms with Gasteiger partial charge in [0.1, 0.15) is 5.69 Å². The summed E-state index contributed by atoms with van der Waals surface area (Å²) in [5.41, 5.74) is 1.40. The van der Waals surface area contributed by atoms with Gasteiger partial charge in [0.2, 0.25) is 11.8 Å². The van der Waals surface area contributed by atoms with E-state index in [1.807, 2.05) is 36.1 Å². The monoisotopic (exact) mass is 343 g/mol. The van der Waals surface area contributed by atoms with Crippen LogP contribution in [0.25, 0.3) is 11.0 Å². The smallest absolute Gasteiger partial charge is 0.228 e. The molecule has 2 aromatic rings. The maximum Gasteiger partial charge on any atom is 0.228 e. The summed E-state index contributed by atoms with van der Waals surface area (Å²) in [7, 11) is 0. The Kier molecular flexibility index (Phi) is 5.68. The number of nitrogens with one attached hydrogen (secondary N) is 1. The highest BCUT2D eigenvalue weighted by Gasteiger charge is 2.25. The Morgan fingerprint density at radius 3 is 3.04 bits per heavy atom. The molecule has 1 N–H and O–H groups in total. The molecule has 3 rings (SSSR count). The highest BCUT2D eigenvalue weighted by atomic mass is 16.5. The van der Waals surface area contributed by atoms with Crippen molar-refractivity contribution in [3.63, 3.8) is 0 Å². The van der Waals surface area contributed by atoms with Gasteiger partial charge in [-0.2, -0.15) is 0 Å². The van der Waals surface area contributed by atoms with Gasteiger partial charge in [0.05, 0.1) is 6.42 Å². The van der Waals surface area contributed by atoms with Crippen molar-refractivity contribution in [2.75, 3.05) is 19.6 Å². The average molecular weight is 343 g/mol. The van der Waals surface area contributed by atoms with Crippen molar-refractivity contribution in [3.05, 3.63) is 30.0 Å². The summed E-state index contributed by atoms with van der Waals surface area (Å²) in [4.78, 5) is 26.2. The lowest BCUT2D eigenvalue weighted by Crippen LogP contribution is -2.44. The molecule has 1 aromatic carbocycles. The summed E-state index contributed by atoms with van der Waals surface area (Å²) in [6.07, 6.45) is 3.69. The van der Waals surface area contributed by atoms with Crippen LogP contribution in [0.1, 0.15) is 38.3 Å². The normalized spacial score (nSPS) is 17.6. The summed E-state index contributed by atoms with van der Waals surface area (Å²) < 4.78 is 5.28. The van der Waals surface area contributed by atoms with Crippen LogP contribution in [0, 0.1) is 5.92 Å². The fourth-order valence-electron chi connectivity index (χ4n) is 3.35. The Balaban J connectivity index is 1.56. The van der Waals surface area contributed by atoms with Crippen molar-refractivity contribution in [2.45, 2.75) is 39.0 Å². The van der Waals surface area contributed by atoms with Gasteiger partial charge in [-0.3, -0.25) is 9.59 Å². The summed E-state index contributed by atoms with van der Waals surface area (Å²) in [5.74, 6) is 0.496. The molecule has 2 heterocycles. The van der Waals surface area contributed by atoms with Gasteiger partial charge in [0.25, 0.3) is 0 Å². The molecular weight excluding hydrogens is 318 g/mol. The van der Waals surface area contributed by atoms with E-state index in [0.717, 1.165) is 31.2 Å². The lowest BCUT2D eigenvalue weighted by molar-refractivity contribution is -0.132. The zero-order valence-electron chi connectivity index (χ0n) is 14.7. The van der Waals surface area contributed by atoms with Gasteiger partial charge in [-0.15, -0.1) is 0 Å². The number of aromatic nitrogens is 1. The zero-order valence-corrected chi connectivity index (χ0v) is 14.7. The summed E-state index contributed by atoms with van der Waals surface area (Å²) >= 11 is 0. The first-order chi connectivity index (χ1) is 12.2. The second-order valence-corrected chi connectivity index (χ2v) is 6.70. The molecule has 1 fully saturated rings. The Morgan fingerprint density at radius 1 is 1.36 bits per heavy atom. The molecule has 1 aliphatic rings. The van der Waals surface area contributed by atoms with Crippen molar-refractivity contribution < 1.29 is 14.1 Å². The molecule has 0 aliphatic carbocycles. The van der Waals surface area contributed by atoms with Gasteiger partial charge in [-0.1, -0.05) is 24.2 Å². The largest absolute Gasteiger partial charge is 0.356 e. The van der Waals surface area contributed by atoms with Crippen molar-refractivity contribution in [1.82, 2.24) is 15.4 Å². The fraction of sp³-hybridized carbons (Fsp3) is 0.526. The van der Waals surface area contributed by atoms with Gasteiger partial charge < -0.3 is 14.7 Å². The number of carbonyl (C=O) groups is 2. The molecule has 6 heteroatoms. The third-order valence-corrected chi connectivity index (χ3v) is 4.71. The first-order valence-corrected chi connectivity index (χ1v) is 9.05. The number of fused-ring (bicyclic) bond motifs is 1. The van der Waals surface area contributed by atoms with Crippen molar-refractivity contribution in [3.8, 4) is 0 Å². The number of rotatable bonds is 6. The Hall–Kier alpha value is -2.37.